The second kappa shape index (κ2) is 6.58. The van der Waals surface area contributed by atoms with Crippen molar-refractivity contribution in [2.75, 3.05) is 19.0 Å². The summed E-state index contributed by atoms with van der Waals surface area (Å²) in [5, 5.41) is 1.04. The van der Waals surface area contributed by atoms with Gasteiger partial charge < -0.3 is 4.90 Å². The zero-order chi connectivity index (χ0) is 15.4. The van der Waals surface area contributed by atoms with Crippen molar-refractivity contribution in [2.24, 2.45) is 0 Å². The van der Waals surface area contributed by atoms with Crippen LogP contribution in [0.4, 0.5) is 5.69 Å². The number of anilines is 1. The third-order valence-corrected chi connectivity index (χ3v) is 4.36. The van der Waals surface area contributed by atoms with Crippen molar-refractivity contribution < 1.29 is 0 Å². The van der Waals surface area contributed by atoms with Crippen LogP contribution < -0.4 is 4.90 Å². The van der Waals surface area contributed by atoms with Crippen LogP contribution in [0.5, 0.6) is 0 Å². The van der Waals surface area contributed by atoms with Gasteiger partial charge in [-0.1, -0.05) is 42.5 Å². The highest BCUT2D eigenvalue weighted by Crippen LogP contribution is 2.22. The number of aromatic nitrogens is 1. The highest BCUT2D eigenvalue weighted by Gasteiger charge is 1.98. The van der Waals surface area contributed by atoms with Gasteiger partial charge in [-0.3, -0.25) is 0 Å². The fourth-order valence-electron chi connectivity index (χ4n) is 2.15. The van der Waals surface area contributed by atoms with Crippen LogP contribution in [0.1, 0.15) is 10.6 Å². The molecule has 22 heavy (non-hydrogen) atoms. The van der Waals surface area contributed by atoms with Crippen LogP contribution in [0.15, 0.2) is 60.7 Å². The van der Waals surface area contributed by atoms with Crippen molar-refractivity contribution in [1.82, 2.24) is 4.98 Å². The maximum absolute atomic E-state index is 4.58. The Bertz CT molecular complexity index is 778. The van der Waals surface area contributed by atoms with Gasteiger partial charge in [0.1, 0.15) is 5.01 Å². The number of allylic oxidation sites excluding steroid dienone is 2. The smallest absolute Gasteiger partial charge is 0.117 e. The SMILES string of the molecule is CN(C)c1ccc(C=CC=Cc2nc3ccccc3s2)cc1. The van der Waals surface area contributed by atoms with E-state index in [2.05, 4.69) is 58.4 Å². The van der Waals surface area contributed by atoms with Crippen LogP contribution in [0.2, 0.25) is 0 Å². The molecule has 0 aliphatic heterocycles. The molecule has 0 amide bonds. The summed E-state index contributed by atoms with van der Waals surface area (Å²) >= 11 is 1.71. The van der Waals surface area contributed by atoms with E-state index in [1.807, 2.05) is 38.4 Å². The van der Waals surface area contributed by atoms with Crippen molar-refractivity contribution in [1.29, 1.82) is 0 Å². The summed E-state index contributed by atoms with van der Waals surface area (Å²) in [5.41, 5.74) is 3.47. The van der Waals surface area contributed by atoms with Gasteiger partial charge in [0.25, 0.3) is 0 Å². The lowest BCUT2D eigenvalue weighted by atomic mass is 10.2. The highest BCUT2D eigenvalue weighted by molar-refractivity contribution is 7.19. The minimum absolute atomic E-state index is 1.04. The Kier molecular flexibility index (Phi) is 4.35. The number of para-hydroxylation sites is 1. The Morgan fingerprint density at radius 2 is 1.64 bits per heavy atom. The lowest BCUT2D eigenvalue weighted by Crippen LogP contribution is -2.07. The zero-order valence-electron chi connectivity index (χ0n) is 12.7. The molecule has 0 bridgehead atoms. The highest BCUT2D eigenvalue weighted by atomic mass is 32.1. The van der Waals surface area contributed by atoms with Gasteiger partial charge in [0.15, 0.2) is 0 Å². The molecule has 0 aliphatic carbocycles. The number of hydrogen-bond acceptors (Lipinski definition) is 3. The first-order chi connectivity index (χ1) is 10.7. The number of rotatable bonds is 4. The monoisotopic (exact) mass is 306 g/mol. The molecule has 1 heterocycles. The predicted octanol–water partition coefficient (Wildman–Crippen LogP) is 5.09. The van der Waals surface area contributed by atoms with Crippen LogP contribution in [0.3, 0.4) is 0 Å². The Morgan fingerprint density at radius 1 is 0.909 bits per heavy atom. The van der Waals surface area contributed by atoms with E-state index < -0.39 is 0 Å². The standard InChI is InChI=1S/C19H18N2S/c1-21(2)16-13-11-15(12-14-16)7-3-6-10-19-20-17-8-4-5-9-18(17)22-19/h3-14H,1-2H3. The van der Waals surface area contributed by atoms with E-state index in [4.69, 9.17) is 0 Å². The predicted molar refractivity (Wildman–Crippen MR) is 98.5 cm³/mol. The minimum atomic E-state index is 1.04. The fourth-order valence-corrected chi connectivity index (χ4v) is 3.03. The second-order valence-corrected chi connectivity index (χ2v) is 6.29. The Balaban J connectivity index is 1.68. The molecule has 0 saturated carbocycles. The summed E-state index contributed by atoms with van der Waals surface area (Å²) in [4.78, 5) is 6.68. The van der Waals surface area contributed by atoms with Crippen molar-refractivity contribution in [2.45, 2.75) is 0 Å². The van der Waals surface area contributed by atoms with Gasteiger partial charge in [0, 0.05) is 19.8 Å². The molecular weight excluding hydrogens is 288 g/mol. The van der Waals surface area contributed by atoms with E-state index in [-0.39, 0.29) is 0 Å². The molecule has 2 nitrogen and oxygen atoms in total. The van der Waals surface area contributed by atoms with Crippen LogP contribution in [-0.2, 0) is 0 Å². The topological polar surface area (TPSA) is 16.1 Å². The van der Waals surface area contributed by atoms with E-state index in [9.17, 15) is 0 Å². The molecule has 1 aromatic heterocycles. The van der Waals surface area contributed by atoms with Crippen molar-refractivity contribution in [3.05, 3.63) is 71.3 Å². The van der Waals surface area contributed by atoms with Gasteiger partial charge in [-0.05, 0) is 35.9 Å². The van der Waals surface area contributed by atoms with Crippen molar-refractivity contribution in [3.8, 4) is 0 Å². The van der Waals surface area contributed by atoms with Gasteiger partial charge in [-0.15, -0.1) is 11.3 Å². The lowest BCUT2D eigenvalue weighted by molar-refractivity contribution is 1.13. The van der Waals surface area contributed by atoms with Gasteiger partial charge in [-0.25, -0.2) is 4.98 Å². The quantitative estimate of drug-likeness (QED) is 0.624. The average molecular weight is 306 g/mol. The summed E-state index contributed by atoms with van der Waals surface area (Å²) in [6.07, 6.45) is 8.24. The molecule has 0 unspecified atom stereocenters. The molecule has 0 radical (unpaired) electrons. The van der Waals surface area contributed by atoms with E-state index in [0.29, 0.717) is 0 Å². The second-order valence-electron chi connectivity index (χ2n) is 5.22. The van der Waals surface area contributed by atoms with Gasteiger partial charge in [0.2, 0.25) is 0 Å². The Labute approximate surface area is 135 Å². The fraction of sp³-hybridized carbons (Fsp3) is 0.105. The maximum Gasteiger partial charge on any atom is 0.117 e. The third-order valence-electron chi connectivity index (χ3n) is 3.36. The molecule has 0 N–H and O–H groups in total. The lowest BCUT2D eigenvalue weighted by Gasteiger charge is -2.11. The molecule has 0 saturated heterocycles. The Hall–Kier alpha value is -2.39. The largest absolute Gasteiger partial charge is 0.378 e. The number of benzene rings is 2. The average Bonchev–Trinajstić information content (AvgIpc) is 2.95. The number of hydrogen-bond donors (Lipinski definition) is 0. The molecule has 0 atom stereocenters. The molecular formula is C19H18N2S. The first kappa shape index (κ1) is 14.5. The summed E-state index contributed by atoms with van der Waals surface area (Å²) in [7, 11) is 4.09. The number of thiazole rings is 1. The van der Waals surface area contributed by atoms with Gasteiger partial charge in [0.05, 0.1) is 10.2 Å². The van der Waals surface area contributed by atoms with Crippen LogP contribution >= 0.6 is 11.3 Å². The first-order valence-electron chi connectivity index (χ1n) is 7.20. The van der Waals surface area contributed by atoms with Crippen LogP contribution in [0, 0.1) is 0 Å². The molecule has 0 fully saturated rings. The van der Waals surface area contributed by atoms with Crippen molar-refractivity contribution >= 4 is 39.4 Å². The zero-order valence-corrected chi connectivity index (χ0v) is 13.5. The van der Waals surface area contributed by atoms with E-state index >= 15 is 0 Å². The summed E-state index contributed by atoms with van der Waals surface area (Å²) in [5.74, 6) is 0. The van der Waals surface area contributed by atoms with Crippen LogP contribution in [0.25, 0.3) is 22.4 Å². The number of fused-ring (bicyclic) bond motifs is 1. The van der Waals surface area contributed by atoms with Gasteiger partial charge >= 0.3 is 0 Å². The normalized spacial score (nSPS) is 11.7. The summed E-state index contributed by atoms with van der Waals surface area (Å²) in [6, 6.07) is 16.7. The third kappa shape index (κ3) is 3.43. The summed E-state index contributed by atoms with van der Waals surface area (Å²) < 4.78 is 1.23. The van der Waals surface area contributed by atoms with Gasteiger partial charge in [-0.2, -0.15) is 0 Å². The minimum Gasteiger partial charge on any atom is -0.378 e. The molecule has 0 spiro atoms. The van der Waals surface area contributed by atoms with E-state index in [0.717, 1.165) is 10.5 Å². The van der Waals surface area contributed by atoms with Crippen LogP contribution in [-0.4, -0.2) is 19.1 Å². The molecule has 3 aromatic rings. The molecule has 2 aromatic carbocycles. The first-order valence-corrected chi connectivity index (χ1v) is 8.02. The summed E-state index contributed by atoms with van der Waals surface area (Å²) in [6.45, 7) is 0. The van der Waals surface area contributed by atoms with E-state index in [1.165, 1.54) is 16.0 Å². The number of nitrogens with zero attached hydrogens (tertiary/aromatic N) is 2. The molecule has 0 aliphatic rings. The molecule has 110 valence electrons. The molecule has 3 rings (SSSR count). The van der Waals surface area contributed by atoms with E-state index in [1.54, 1.807) is 11.3 Å². The molecule has 3 heteroatoms. The Morgan fingerprint density at radius 3 is 2.36 bits per heavy atom. The van der Waals surface area contributed by atoms with Crippen molar-refractivity contribution in [3.63, 3.8) is 0 Å². The maximum atomic E-state index is 4.58.